The van der Waals surface area contributed by atoms with Gasteiger partial charge in [-0.1, -0.05) is 11.3 Å². The molecule has 1 fully saturated rings. The minimum Gasteiger partial charge on any atom is -0.477 e. The second-order valence-corrected chi connectivity index (χ2v) is 4.66. The number of hydrogen-bond donors (Lipinski definition) is 1. The van der Waals surface area contributed by atoms with Gasteiger partial charge in [0.25, 0.3) is 0 Å². The molecular formula is C9H12N2O2S. The number of anilines is 1. The average molecular weight is 212 g/mol. The van der Waals surface area contributed by atoms with Crippen molar-refractivity contribution in [2.24, 2.45) is 0 Å². The van der Waals surface area contributed by atoms with Crippen LogP contribution < -0.4 is 4.90 Å². The molecule has 0 radical (unpaired) electrons. The first-order valence-corrected chi connectivity index (χ1v) is 5.32. The Morgan fingerprint density at radius 3 is 2.64 bits per heavy atom. The Kier molecular flexibility index (Phi) is 2.19. The summed E-state index contributed by atoms with van der Waals surface area (Å²) < 4.78 is 0. The van der Waals surface area contributed by atoms with Crippen LogP contribution in [0.15, 0.2) is 0 Å². The number of aromatic nitrogens is 1. The van der Waals surface area contributed by atoms with Crippen LogP contribution in [0.25, 0.3) is 0 Å². The van der Waals surface area contributed by atoms with E-state index in [0.29, 0.717) is 10.8 Å². The molecule has 14 heavy (non-hydrogen) atoms. The number of nitrogens with zero attached hydrogens (tertiary/aromatic N) is 2. The lowest BCUT2D eigenvalue weighted by Gasteiger charge is -2.05. The van der Waals surface area contributed by atoms with Crippen molar-refractivity contribution >= 4 is 22.4 Å². The van der Waals surface area contributed by atoms with Crippen LogP contribution in [0.3, 0.4) is 0 Å². The smallest absolute Gasteiger partial charge is 0.347 e. The van der Waals surface area contributed by atoms with Crippen molar-refractivity contribution in [1.29, 1.82) is 0 Å². The molecule has 1 N–H and O–H groups in total. The van der Waals surface area contributed by atoms with E-state index in [9.17, 15) is 4.79 Å². The van der Waals surface area contributed by atoms with E-state index < -0.39 is 5.97 Å². The fourth-order valence-corrected chi connectivity index (χ4v) is 2.21. The van der Waals surface area contributed by atoms with E-state index >= 15 is 0 Å². The maximum absolute atomic E-state index is 10.9. The third-order valence-electron chi connectivity index (χ3n) is 2.18. The molecule has 0 spiro atoms. The van der Waals surface area contributed by atoms with Gasteiger partial charge in [0.1, 0.15) is 4.88 Å². The molecule has 0 amide bonds. The van der Waals surface area contributed by atoms with Crippen molar-refractivity contribution in [3.8, 4) is 0 Å². The molecule has 0 saturated heterocycles. The monoisotopic (exact) mass is 212 g/mol. The number of carbonyl (C=O) groups is 1. The molecule has 0 aliphatic heterocycles. The van der Waals surface area contributed by atoms with Crippen LogP contribution in [0.2, 0.25) is 0 Å². The Labute approximate surface area is 86.2 Å². The maximum atomic E-state index is 10.9. The summed E-state index contributed by atoms with van der Waals surface area (Å²) in [6.07, 6.45) is 2.16. The Balaban J connectivity index is 2.40. The first-order valence-electron chi connectivity index (χ1n) is 4.51. The standard InChI is InChI=1S/C9H12N2O2S/c1-11(2)9-10-6(5-3-4-5)7(14-9)8(12)13/h5H,3-4H2,1-2H3,(H,12,13). The summed E-state index contributed by atoms with van der Waals surface area (Å²) >= 11 is 1.26. The molecule has 1 aromatic heterocycles. The lowest BCUT2D eigenvalue weighted by Crippen LogP contribution is -2.07. The van der Waals surface area contributed by atoms with E-state index in [0.717, 1.165) is 23.7 Å². The fourth-order valence-electron chi connectivity index (χ4n) is 1.30. The average Bonchev–Trinajstić information content (AvgIpc) is 2.83. The van der Waals surface area contributed by atoms with E-state index in [2.05, 4.69) is 4.98 Å². The van der Waals surface area contributed by atoms with Crippen LogP contribution >= 0.6 is 11.3 Å². The van der Waals surface area contributed by atoms with Gasteiger partial charge in [0.2, 0.25) is 0 Å². The van der Waals surface area contributed by atoms with Gasteiger partial charge in [0, 0.05) is 20.0 Å². The number of hydrogen-bond acceptors (Lipinski definition) is 4. The highest BCUT2D eigenvalue weighted by molar-refractivity contribution is 7.17. The molecule has 0 bridgehead atoms. The SMILES string of the molecule is CN(C)c1nc(C2CC2)c(C(=O)O)s1. The third kappa shape index (κ3) is 1.59. The molecule has 1 aliphatic carbocycles. The Bertz CT molecular complexity index is 369. The highest BCUT2D eigenvalue weighted by atomic mass is 32.1. The number of rotatable bonds is 3. The lowest BCUT2D eigenvalue weighted by atomic mass is 10.2. The van der Waals surface area contributed by atoms with Gasteiger partial charge in [-0.25, -0.2) is 9.78 Å². The number of carboxylic acid groups (broad SMARTS) is 1. The van der Waals surface area contributed by atoms with Crippen molar-refractivity contribution in [2.75, 3.05) is 19.0 Å². The molecule has 1 aromatic rings. The Morgan fingerprint density at radius 2 is 2.21 bits per heavy atom. The molecule has 76 valence electrons. The van der Waals surface area contributed by atoms with Gasteiger partial charge >= 0.3 is 5.97 Å². The lowest BCUT2D eigenvalue weighted by molar-refractivity contribution is 0.0700. The van der Waals surface area contributed by atoms with Gasteiger partial charge in [-0.2, -0.15) is 0 Å². The van der Waals surface area contributed by atoms with Crippen molar-refractivity contribution in [3.05, 3.63) is 10.6 Å². The molecule has 4 nitrogen and oxygen atoms in total. The minimum absolute atomic E-state index is 0.394. The molecule has 2 rings (SSSR count). The number of carboxylic acids is 1. The van der Waals surface area contributed by atoms with Gasteiger partial charge in [0.15, 0.2) is 5.13 Å². The summed E-state index contributed by atoms with van der Waals surface area (Å²) in [6, 6.07) is 0. The highest BCUT2D eigenvalue weighted by Crippen LogP contribution is 2.43. The first-order chi connectivity index (χ1) is 6.59. The van der Waals surface area contributed by atoms with E-state index in [4.69, 9.17) is 5.11 Å². The largest absolute Gasteiger partial charge is 0.477 e. The van der Waals surface area contributed by atoms with Crippen LogP contribution in [0.1, 0.15) is 34.1 Å². The molecule has 1 aliphatic rings. The summed E-state index contributed by atoms with van der Waals surface area (Å²) in [5, 5.41) is 9.77. The molecule has 0 unspecified atom stereocenters. The van der Waals surface area contributed by atoms with Crippen LogP contribution in [0, 0.1) is 0 Å². The molecule has 1 saturated carbocycles. The Hall–Kier alpha value is -1.10. The summed E-state index contributed by atoms with van der Waals surface area (Å²) in [5.41, 5.74) is 0.784. The van der Waals surface area contributed by atoms with Crippen LogP contribution in [0.5, 0.6) is 0 Å². The molecule has 0 aromatic carbocycles. The summed E-state index contributed by atoms with van der Waals surface area (Å²) in [6.45, 7) is 0. The second kappa shape index (κ2) is 3.24. The summed E-state index contributed by atoms with van der Waals surface area (Å²) in [7, 11) is 3.75. The van der Waals surface area contributed by atoms with Crippen molar-refractivity contribution < 1.29 is 9.90 Å². The number of aromatic carboxylic acids is 1. The maximum Gasteiger partial charge on any atom is 0.347 e. The zero-order valence-electron chi connectivity index (χ0n) is 8.15. The Morgan fingerprint density at radius 1 is 1.57 bits per heavy atom. The van der Waals surface area contributed by atoms with Gasteiger partial charge in [-0.15, -0.1) is 0 Å². The van der Waals surface area contributed by atoms with Crippen LogP contribution in [0.4, 0.5) is 5.13 Å². The van der Waals surface area contributed by atoms with Crippen LogP contribution in [-0.4, -0.2) is 30.2 Å². The topological polar surface area (TPSA) is 53.4 Å². The van der Waals surface area contributed by atoms with Crippen molar-refractivity contribution in [2.45, 2.75) is 18.8 Å². The summed E-state index contributed by atoms with van der Waals surface area (Å²) in [5.74, 6) is -0.455. The second-order valence-electron chi connectivity index (χ2n) is 3.68. The van der Waals surface area contributed by atoms with E-state index in [-0.39, 0.29) is 0 Å². The number of thiazole rings is 1. The van der Waals surface area contributed by atoms with Gasteiger partial charge in [-0.3, -0.25) is 0 Å². The van der Waals surface area contributed by atoms with Gasteiger partial charge in [-0.05, 0) is 12.8 Å². The van der Waals surface area contributed by atoms with Gasteiger partial charge < -0.3 is 10.0 Å². The van der Waals surface area contributed by atoms with Crippen molar-refractivity contribution in [3.63, 3.8) is 0 Å². The van der Waals surface area contributed by atoms with Gasteiger partial charge in [0.05, 0.1) is 5.69 Å². The van der Waals surface area contributed by atoms with Crippen LogP contribution in [-0.2, 0) is 0 Å². The zero-order valence-corrected chi connectivity index (χ0v) is 8.97. The summed E-state index contributed by atoms with van der Waals surface area (Å²) in [4.78, 5) is 17.6. The fraction of sp³-hybridized carbons (Fsp3) is 0.556. The third-order valence-corrected chi connectivity index (χ3v) is 3.41. The molecular weight excluding hydrogens is 200 g/mol. The molecule has 0 atom stereocenters. The quantitative estimate of drug-likeness (QED) is 0.829. The zero-order chi connectivity index (χ0) is 10.3. The van der Waals surface area contributed by atoms with Crippen molar-refractivity contribution in [1.82, 2.24) is 4.98 Å². The van der Waals surface area contributed by atoms with E-state index in [1.165, 1.54) is 11.3 Å². The normalized spacial score (nSPS) is 15.6. The predicted octanol–water partition coefficient (Wildman–Crippen LogP) is 1.78. The predicted molar refractivity (Wildman–Crippen MR) is 55.4 cm³/mol. The van der Waals surface area contributed by atoms with E-state index in [1.54, 1.807) is 0 Å². The molecule has 1 heterocycles. The highest BCUT2D eigenvalue weighted by Gasteiger charge is 2.32. The van der Waals surface area contributed by atoms with E-state index in [1.807, 2.05) is 19.0 Å². The first kappa shape index (κ1) is 9.45. The minimum atomic E-state index is -0.850. The molecule has 5 heteroatoms.